The normalized spacial score (nSPS) is 32.6. The maximum Gasteiger partial charge on any atom is 0.417 e. The lowest BCUT2D eigenvalue weighted by Crippen LogP contribution is -2.73. The molecule has 2 heterocycles. The summed E-state index contributed by atoms with van der Waals surface area (Å²) >= 11 is 0. The molecule has 0 unspecified atom stereocenters. The molecule has 232 valence electrons. The van der Waals surface area contributed by atoms with Crippen LogP contribution in [0.3, 0.4) is 0 Å². The lowest BCUT2D eigenvalue weighted by Gasteiger charge is -2.67. The number of carbonyl (C=O) groups excluding carboxylic acids is 2. The van der Waals surface area contributed by atoms with E-state index in [0.717, 1.165) is 28.9 Å². The lowest BCUT2D eigenvalue weighted by atomic mass is 9.43. The second-order valence-electron chi connectivity index (χ2n) is 15.0. The monoisotopic (exact) mass is 591 g/mol. The molecule has 8 heteroatoms. The molecule has 2 amide bonds. The van der Waals surface area contributed by atoms with Crippen molar-refractivity contribution in [2.24, 2.45) is 22.7 Å². The van der Waals surface area contributed by atoms with Gasteiger partial charge in [-0.05, 0) is 63.0 Å². The predicted molar refractivity (Wildman–Crippen MR) is 161 cm³/mol. The van der Waals surface area contributed by atoms with Crippen molar-refractivity contribution in [3.05, 3.63) is 58.7 Å². The number of hydrogen-bond donors (Lipinski definition) is 2. The highest BCUT2D eigenvalue weighted by Crippen LogP contribution is 2.67. The van der Waals surface area contributed by atoms with E-state index >= 15 is 0 Å². The first kappa shape index (κ1) is 29.9. The van der Waals surface area contributed by atoms with Crippen molar-refractivity contribution in [1.29, 1.82) is 0 Å². The molecule has 4 aliphatic rings. The van der Waals surface area contributed by atoms with E-state index in [1.807, 2.05) is 44.2 Å². The van der Waals surface area contributed by atoms with Crippen LogP contribution in [0.4, 0.5) is 4.79 Å². The van der Waals surface area contributed by atoms with E-state index in [2.05, 4.69) is 13.8 Å². The molecular weight excluding hydrogens is 546 g/mol. The summed E-state index contributed by atoms with van der Waals surface area (Å²) in [4.78, 5) is 28.1. The van der Waals surface area contributed by atoms with Crippen molar-refractivity contribution >= 4 is 12.0 Å². The van der Waals surface area contributed by atoms with Crippen LogP contribution in [-0.2, 0) is 24.3 Å². The van der Waals surface area contributed by atoms with E-state index in [1.165, 1.54) is 0 Å². The zero-order valence-corrected chi connectivity index (χ0v) is 26.4. The molecule has 43 heavy (non-hydrogen) atoms. The molecule has 8 nitrogen and oxygen atoms in total. The molecule has 0 saturated heterocycles. The van der Waals surface area contributed by atoms with Crippen LogP contribution in [0.2, 0.25) is 0 Å². The number of benzene rings is 2. The maximum atomic E-state index is 13.8. The molecule has 2 aromatic rings. The summed E-state index contributed by atoms with van der Waals surface area (Å²) < 4.78 is 19.3. The van der Waals surface area contributed by atoms with Gasteiger partial charge in [-0.1, -0.05) is 58.0 Å². The van der Waals surface area contributed by atoms with Crippen LogP contribution in [0.25, 0.3) is 0 Å². The van der Waals surface area contributed by atoms with Gasteiger partial charge in [0.25, 0.3) is 5.91 Å². The van der Waals surface area contributed by atoms with Crippen LogP contribution in [0.15, 0.2) is 36.4 Å². The summed E-state index contributed by atoms with van der Waals surface area (Å²) in [6.07, 6.45) is 0.216. The van der Waals surface area contributed by atoms with E-state index in [9.17, 15) is 19.8 Å². The lowest BCUT2D eigenvalue weighted by molar-refractivity contribution is -0.260. The van der Waals surface area contributed by atoms with Gasteiger partial charge < -0.3 is 24.4 Å². The van der Waals surface area contributed by atoms with E-state index < -0.39 is 40.8 Å². The fraction of sp³-hybridized carbons (Fsp3) is 0.600. The Morgan fingerprint density at radius 3 is 2.47 bits per heavy atom. The van der Waals surface area contributed by atoms with Crippen molar-refractivity contribution in [3.8, 4) is 11.5 Å². The van der Waals surface area contributed by atoms with Crippen LogP contribution < -0.4 is 9.47 Å². The van der Waals surface area contributed by atoms with Crippen LogP contribution in [-0.4, -0.2) is 50.5 Å². The summed E-state index contributed by atoms with van der Waals surface area (Å²) in [5, 5.41) is 22.4. The molecule has 6 atom stereocenters. The fourth-order valence-corrected chi connectivity index (χ4v) is 8.42. The Labute approximate surface area is 254 Å². The van der Waals surface area contributed by atoms with Crippen LogP contribution in [0, 0.1) is 22.7 Å². The first-order chi connectivity index (χ1) is 20.1. The highest BCUT2D eigenvalue weighted by Gasteiger charge is 2.69. The molecule has 2 aromatic carbocycles. The summed E-state index contributed by atoms with van der Waals surface area (Å²) in [6, 6.07) is 11.6. The molecule has 0 radical (unpaired) electrons. The number of carbonyl (C=O) groups is 2. The Kier molecular flexibility index (Phi) is 6.94. The molecule has 2 N–H and O–H groups in total. The van der Waals surface area contributed by atoms with Crippen LogP contribution in [0.1, 0.15) is 94.8 Å². The number of imide groups is 1. The smallest absolute Gasteiger partial charge is 0.417 e. The quantitative estimate of drug-likeness (QED) is 0.449. The SMILES string of the molecule is C[C@H]1CC[C@H]2C(C)(C)[C@@H](O)[C@@H](O)C[C@]23Oc2c(c(OCc4ccccc4)cc4c2CN(C(=O)OC(C)(C)C)C4=O)C[C@]13C. The Morgan fingerprint density at radius 1 is 1.09 bits per heavy atom. The third kappa shape index (κ3) is 4.55. The van der Waals surface area contributed by atoms with E-state index in [1.54, 1.807) is 26.8 Å². The predicted octanol–water partition coefficient (Wildman–Crippen LogP) is 6.03. The molecule has 2 aliphatic carbocycles. The highest BCUT2D eigenvalue weighted by molar-refractivity contribution is 6.07. The zero-order valence-electron chi connectivity index (χ0n) is 26.4. The van der Waals surface area contributed by atoms with E-state index in [-0.39, 0.29) is 30.2 Å². The van der Waals surface area contributed by atoms with Gasteiger partial charge in [-0.3, -0.25) is 4.79 Å². The van der Waals surface area contributed by atoms with Gasteiger partial charge in [0.05, 0.1) is 24.3 Å². The number of amides is 2. The fourth-order valence-electron chi connectivity index (χ4n) is 8.42. The van der Waals surface area contributed by atoms with E-state index in [0.29, 0.717) is 35.7 Å². The molecule has 1 spiro atoms. The van der Waals surface area contributed by atoms with Gasteiger partial charge in [0.1, 0.15) is 29.3 Å². The Morgan fingerprint density at radius 2 is 1.79 bits per heavy atom. The summed E-state index contributed by atoms with van der Waals surface area (Å²) in [6.45, 7) is 14.2. The molecule has 0 aromatic heterocycles. The molecule has 2 fully saturated rings. The summed E-state index contributed by atoms with van der Waals surface area (Å²) in [5.41, 5.74) is 0.362. The van der Waals surface area contributed by atoms with E-state index in [4.69, 9.17) is 14.2 Å². The number of aliphatic hydroxyl groups excluding tert-OH is 2. The summed E-state index contributed by atoms with van der Waals surface area (Å²) in [7, 11) is 0. The van der Waals surface area contributed by atoms with Crippen molar-refractivity contribution in [2.75, 3.05) is 0 Å². The Balaban J connectivity index is 1.50. The van der Waals surface area contributed by atoms with Crippen molar-refractivity contribution in [2.45, 2.75) is 111 Å². The zero-order chi connectivity index (χ0) is 31.1. The number of nitrogens with zero attached hydrogens (tertiary/aromatic N) is 1. The standard InChI is InChI=1S/C35H45NO7/c1-20-13-14-27-33(5,6)29(38)25(37)17-35(27)34(20,7)16-23-26(41-19-21-11-9-8-10-12-21)15-22-24(28(23)42-35)18-36(30(22)39)31(40)43-32(2,3)4/h8-12,15,20,25,27,29,37-38H,13-14,16-19H2,1-7H3/t20-,25-,27-,29-,34+,35-/m0/s1. The average molecular weight is 592 g/mol. The largest absolute Gasteiger partial charge is 0.488 e. The van der Waals surface area contributed by atoms with Gasteiger partial charge in [-0.2, -0.15) is 0 Å². The molecular formula is C35H45NO7. The number of rotatable bonds is 3. The number of ether oxygens (including phenoxy) is 3. The van der Waals surface area contributed by atoms with Crippen LogP contribution in [0.5, 0.6) is 11.5 Å². The number of fused-ring (bicyclic) bond motifs is 3. The van der Waals surface area contributed by atoms with Crippen molar-refractivity contribution in [3.63, 3.8) is 0 Å². The van der Waals surface area contributed by atoms with Gasteiger partial charge in [-0.25, -0.2) is 9.69 Å². The van der Waals surface area contributed by atoms with Gasteiger partial charge in [0.15, 0.2) is 0 Å². The first-order valence-electron chi connectivity index (χ1n) is 15.5. The maximum absolute atomic E-state index is 13.8. The van der Waals surface area contributed by atoms with Gasteiger partial charge in [-0.15, -0.1) is 0 Å². The second-order valence-corrected chi connectivity index (χ2v) is 15.0. The van der Waals surface area contributed by atoms with Crippen molar-refractivity contribution < 1.29 is 34.0 Å². The second kappa shape index (κ2) is 9.96. The highest BCUT2D eigenvalue weighted by atomic mass is 16.6. The molecule has 6 rings (SSSR count). The minimum atomic E-state index is -0.956. The molecule has 2 aliphatic heterocycles. The first-order valence-corrected chi connectivity index (χ1v) is 15.5. The number of aliphatic hydroxyl groups is 2. The number of hydrogen-bond acceptors (Lipinski definition) is 7. The Bertz CT molecular complexity index is 1450. The van der Waals surface area contributed by atoms with Gasteiger partial charge >= 0.3 is 6.09 Å². The third-order valence-electron chi connectivity index (χ3n) is 11.0. The van der Waals surface area contributed by atoms with Crippen molar-refractivity contribution in [1.82, 2.24) is 4.90 Å². The minimum absolute atomic E-state index is 0.0312. The van der Waals surface area contributed by atoms with Gasteiger partial charge in [0, 0.05) is 28.9 Å². The summed E-state index contributed by atoms with van der Waals surface area (Å²) in [5.74, 6) is 0.926. The topological polar surface area (TPSA) is 106 Å². The minimum Gasteiger partial charge on any atom is -0.488 e. The van der Waals surface area contributed by atoms with Crippen LogP contribution >= 0.6 is 0 Å². The average Bonchev–Trinajstić information content (AvgIpc) is 3.26. The third-order valence-corrected chi connectivity index (χ3v) is 11.0. The Hall–Kier alpha value is -3.10. The molecule has 0 bridgehead atoms. The molecule has 2 saturated carbocycles. The van der Waals surface area contributed by atoms with Gasteiger partial charge in [0.2, 0.25) is 0 Å².